The summed E-state index contributed by atoms with van der Waals surface area (Å²) in [7, 11) is 0. The van der Waals surface area contributed by atoms with E-state index in [0.717, 1.165) is 49.1 Å². The number of carbonyl (C=O) groups is 1. The number of hydrogen-bond donors (Lipinski definition) is 3. The second-order valence-corrected chi connectivity index (χ2v) is 13.8. The summed E-state index contributed by atoms with van der Waals surface area (Å²) in [4.78, 5) is 17.4. The molecule has 0 bridgehead atoms. The Morgan fingerprint density at radius 2 is 1.98 bits per heavy atom. The molecule has 7 heteroatoms. The van der Waals surface area contributed by atoms with Gasteiger partial charge in [-0.05, 0) is 122 Å². The summed E-state index contributed by atoms with van der Waals surface area (Å²) in [6.07, 6.45) is 9.78. The predicted molar refractivity (Wildman–Crippen MR) is 170 cm³/mol. The van der Waals surface area contributed by atoms with Crippen LogP contribution >= 0.6 is 11.6 Å². The largest absolute Gasteiger partial charge is 0.493 e. The summed E-state index contributed by atoms with van der Waals surface area (Å²) in [5.41, 5.74) is 5.57. The normalized spacial score (nSPS) is 26.9. The summed E-state index contributed by atoms with van der Waals surface area (Å²) < 4.78 is 6.51. The van der Waals surface area contributed by atoms with Crippen LogP contribution in [-0.4, -0.2) is 33.3 Å². The second kappa shape index (κ2) is 12.1. The van der Waals surface area contributed by atoms with Crippen molar-refractivity contribution < 1.29 is 19.7 Å². The number of nitrogens with zero attached hydrogens (tertiary/aromatic N) is 1. The topological polar surface area (TPSA) is 91.7 Å². The first-order valence-corrected chi connectivity index (χ1v) is 16.2. The van der Waals surface area contributed by atoms with Crippen LogP contribution in [0, 0.1) is 11.8 Å². The first-order valence-electron chi connectivity index (χ1n) is 15.8. The van der Waals surface area contributed by atoms with Gasteiger partial charge in [-0.25, -0.2) is 4.79 Å². The van der Waals surface area contributed by atoms with Crippen molar-refractivity contribution in [2.75, 3.05) is 11.9 Å². The van der Waals surface area contributed by atoms with Crippen LogP contribution < -0.4 is 10.1 Å². The molecule has 0 amide bonds. The molecule has 3 aromatic rings. The number of aliphatic hydroxyl groups excluding tert-OH is 1. The number of ether oxygens (including phenoxy) is 1. The van der Waals surface area contributed by atoms with Gasteiger partial charge in [0.25, 0.3) is 0 Å². The number of fused-ring (bicyclic) bond motifs is 3. The van der Waals surface area contributed by atoms with Crippen LogP contribution in [0.25, 0.3) is 0 Å². The summed E-state index contributed by atoms with van der Waals surface area (Å²) in [5, 5.41) is 24.4. The maximum Gasteiger partial charge on any atom is 0.329 e. The number of aliphatic hydroxyl groups is 1. The van der Waals surface area contributed by atoms with E-state index >= 15 is 0 Å². The van der Waals surface area contributed by atoms with Crippen molar-refractivity contribution in [3.8, 4) is 5.75 Å². The average Bonchev–Trinajstić information content (AvgIpc) is 3.28. The van der Waals surface area contributed by atoms with E-state index in [2.05, 4.69) is 36.3 Å². The standard InChI is InChI=1S/C36H43ClN2O4/c1-23(22-43-32-11-16-38-31-8-3-5-24(2)33(31)32)17-27-19-26-10-9-25(21-40)18-30(26)35(27)12-14-36(15-13-35,34(41)42)39-29-7-4-6-28(37)20-29/h4,6-7,9-11,16,18,20,23-24,27,39-40H,3,5,8,12-15,17,19,21-22H2,1-2H3,(H,41,42)/t23-,24-,27+,35?,36?/m1/s1. The van der Waals surface area contributed by atoms with E-state index in [1.165, 1.54) is 35.2 Å². The Balaban J connectivity index is 1.22. The van der Waals surface area contributed by atoms with E-state index < -0.39 is 11.5 Å². The highest BCUT2D eigenvalue weighted by Crippen LogP contribution is 2.56. The molecule has 3 aliphatic carbocycles. The molecule has 1 saturated carbocycles. The van der Waals surface area contributed by atoms with Crippen molar-refractivity contribution in [2.24, 2.45) is 11.8 Å². The van der Waals surface area contributed by atoms with Gasteiger partial charge in [0.05, 0.1) is 13.2 Å². The molecule has 6 nitrogen and oxygen atoms in total. The lowest BCUT2D eigenvalue weighted by Gasteiger charge is -2.47. The minimum atomic E-state index is -1.05. The number of hydrogen-bond acceptors (Lipinski definition) is 5. The van der Waals surface area contributed by atoms with Crippen LogP contribution in [0.4, 0.5) is 5.69 Å². The third-order valence-electron chi connectivity index (χ3n) is 10.5. The van der Waals surface area contributed by atoms with Gasteiger partial charge in [-0.15, -0.1) is 0 Å². The van der Waals surface area contributed by atoms with Gasteiger partial charge in [0.2, 0.25) is 0 Å². The number of pyridine rings is 1. The molecule has 1 aromatic heterocycles. The lowest BCUT2D eigenvalue weighted by atomic mass is 9.59. The molecular weight excluding hydrogens is 560 g/mol. The first kappa shape index (κ1) is 30.0. The van der Waals surface area contributed by atoms with Gasteiger partial charge in [-0.2, -0.15) is 0 Å². The Labute approximate surface area is 259 Å². The molecule has 0 radical (unpaired) electrons. The maximum atomic E-state index is 12.8. The van der Waals surface area contributed by atoms with E-state index in [4.69, 9.17) is 16.3 Å². The zero-order valence-electron chi connectivity index (χ0n) is 25.2. The smallest absolute Gasteiger partial charge is 0.329 e. The van der Waals surface area contributed by atoms with Crippen molar-refractivity contribution in [1.29, 1.82) is 0 Å². The fourth-order valence-corrected chi connectivity index (χ4v) is 8.43. The highest BCUT2D eigenvalue weighted by Gasteiger charge is 2.54. The molecule has 3 aliphatic rings. The van der Waals surface area contributed by atoms with Crippen LogP contribution in [0.1, 0.15) is 92.7 Å². The minimum absolute atomic E-state index is 0.00231. The monoisotopic (exact) mass is 602 g/mol. The summed E-state index contributed by atoms with van der Waals surface area (Å²) in [5.74, 6) is 1.33. The molecule has 3 N–H and O–H groups in total. The molecular formula is C36H43ClN2O4. The van der Waals surface area contributed by atoms with E-state index in [9.17, 15) is 15.0 Å². The van der Waals surface area contributed by atoms with Gasteiger partial charge >= 0.3 is 5.97 Å². The molecule has 43 heavy (non-hydrogen) atoms. The van der Waals surface area contributed by atoms with E-state index in [0.29, 0.717) is 42.2 Å². The van der Waals surface area contributed by atoms with E-state index in [-0.39, 0.29) is 12.0 Å². The Kier molecular flexibility index (Phi) is 8.45. The molecule has 0 unspecified atom stereocenters. The number of carboxylic acids is 1. The Hall–Kier alpha value is -3.09. The molecule has 228 valence electrons. The molecule has 0 aliphatic heterocycles. The van der Waals surface area contributed by atoms with Crippen molar-refractivity contribution in [3.05, 3.63) is 87.7 Å². The molecule has 1 heterocycles. The summed E-state index contributed by atoms with van der Waals surface area (Å²) in [6.45, 7) is 5.20. The number of nitrogens with one attached hydrogen (secondary N) is 1. The molecule has 6 rings (SSSR count). The first-order chi connectivity index (χ1) is 20.7. The van der Waals surface area contributed by atoms with E-state index in [1.807, 2.05) is 30.5 Å². The van der Waals surface area contributed by atoms with Crippen LogP contribution in [0.3, 0.4) is 0 Å². The van der Waals surface area contributed by atoms with Crippen LogP contribution in [0.15, 0.2) is 54.7 Å². The highest BCUT2D eigenvalue weighted by molar-refractivity contribution is 6.30. The van der Waals surface area contributed by atoms with Crippen molar-refractivity contribution in [1.82, 2.24) is 4.98 Å². The molecule has 1 spiro atoms. The molecule has 3 atom stereocenters. The van der Waals surface area contributed by atoms with Crippen molar-refractivity contribution in [2.45, 2.75) is 95.1 Å². The maximum absolute atomic E-state index is 12.8. The number of anilines is 1. The lowest BCUT2D eigenvalue weighted by Crippen LogP contribution is -2.53. The second-order valence-electron chi connectivity index (χ2n) is 13.3. The quantitative estimate of drug-likeness (QED) is 0.232. The number of rotatable bonds is 9. The highest BCUT2D eigenvalue weighted by atomic mass is 35.5. The molecule has 0 saturated heterocycles. The average molecular weight is 603 g/mol. The number of benzene rings is 2. The number of halogens is 1. The van der Waals surface area contributed by atoms with Crippen molar-refractivity contribution >= 4 is 23.3 Å². The van der Waals surface area contributed by atoms with Gasteiger partial charge in [-0.3, -0.25) is 4.98 Å². The fraction of sp³-hybridized carbons (Fsp3) is 0.500. The van der Waals surface area contributed by atoms with Gasteiger partial charge < -0.3 is 20.3 Å². The lowest BCUT2D eigenvalue weighted by molar-refractivity contribution is -0.144. The van der Waals surface area contributed by atoms with Gasteiger partial charge in [-0.1, -0.05) is 49.7 Å². The summed E-state index contributed by atoms with van der Waals surface area (Å²) in [6, 6.07) is 15.7. The van der Waals surface area contributed by atoms with Gasteiger partial charge in [0, 0.05) is 28.2 Å². The number of aliphatic carboxylic acids is 1. The van der Waals surface area contributed by atoms with Gasteiger partial charge in [0.15, 0.2) is 0 Å². The Morgan fingerprint density at radius 3 is 2.72 bits per heavy atom. The number of aromatic nitrogens is 1. The number of carboxylic acid groups (broad SMARTS) is 1. The van der Waals surface area contributed by atoms with Crippen molar-refractivity contribution in [3.63, 3.8) is 0 Å². The van der Waals surface area contributed by atoms with Crippen LogP contribution in [0.5, 0.6) is 5.75 Å². The Morgan fingerprint density at radius 1 is 1.16 bits per heavy atom. The third-order valence-corrected chi connectivity index (χ3v) is 10.8. The predicted octanol–water partition coefficient (Wildman–Crippen LogP) is 7.69. The number of aryl methyl sites for hydroxylation is 1. The van der Waals surface area contributed by atoms with E-state index in [1.54, 1.807) is 12.1 Å². The fourth-order valence-electron chi connectivity index (χ4n) is 8.24. The SMILES string of the molecule is C[C@@H](COc1ccnc2c1[C@H](C)CCC2)C[C@H]1Cc2ccc(CO)cc2C12CCC(Nc1cccc(Cl)c1)(C(=O)O)CC2. The molecule has 1 fully saturated rings. The third kappa shape index (κ3) is 5.76. The summed E-state index contributed by atoms with van der Waals surface area (Å²) >= 11 is 6.22. The van der Waals surface area contributed by atoms with Gasteiger partial charge in [0.1, 0.15) is 11.3 Å². The minimum Gasteiger partial charge on any atom is -0.493 e. The molecule has 2 aromatic carbocycles. The zero-order valence-corrected chi connectivity index (χ0v) is 26.0. The van der Waals surface area contributed by atoms with Crippen LogP contribution in [-0.2, 0) is 29.7 Å². The Bertz CT molecular complexity index is 1480. The van der Waals surface area contributed by atoms with Crippen LogP contribution in [0.2, 0.25) is 5.02 Å². The zero-order chi connectivity index (χ0) is 30.2.